The number of fused-ring (bicyclic) bond motifs is 1. The Morgan fingerprint density at radius 2 is 2.07 bits per heavy atom. The minimum atomic E-state index is -0.305. The van der Waals surface area contributed by atoms with E-state index < -0.39 is 0 Å². The van der Waals surface area contributed by atoms with Gasteiger partial charge in [0, 0.05) is 50.0 Å². The molecule has 0 bridgehead atoms. The molecule has 0 saturated carbocycles. The summed E-state index contributed by atoms with van der Waals surface area (Å²) in [6.45, 7) is 4.60. The molecule has 28 heavy (non-hydrogen) atoms. The van der Waals surface area contributed by atoms with Gasteiger partial charge in [-0.05, 0) is 49.9 Å². The largest absolute Gasteiger partial charge is 0.391 e. The van der Waals surface area contributed by atoms with Crippen LogP contribution in [0.15, 0.2) is 43.1 Å². The molecule has 3 aromatic rings. The van der Waals surface area contributed by atoms with E-state index in [1.165, 1.54) is 5.56 Å². The van der Waals surface area contributed by atoms with Gasteiger partial charge in [0.1, 0.15) is 5.82 Å². The number of β-amino-alcohol motifs (C(OH)–C–C–N with tert-alkyl or cyclic N) is 1. The molecule has 2 aliphatic heterocycles. The van der Waals surface area contributed by atoms with Crippen LogP contribution in [0.2, 0.25) is 0 Å². The number of hydrogen-bond acceptors (Lipinski definition) is 6. The average Bonchev–Trinajstić information content (AvgIpc) is 3.13. The molecule has 3 aromatic heterocycles. The molecule has 2 aliphatic rings. The molecule has 1 atom stereocenters. The molecule has 0 aliphatic carbocycles. The Bertz CT molecular complexity index is 934. The van der Waals surface area contributed by atoms with Crippen LogP contribution in [0.5, 0.6) is 0 Å². The number of aliphatic hydroxyl groups excluding tert-OH is 1. The molecule has 2 N–H and O–H groups in total. The molecule has 0 radical (unpaired) electrons. The van der Waals surface area contributed by atoms with Crippen LogP contribution >= 0.6 is 0 Å². The number of nitrogens with one attached hydrogen (secondary N) is 1. The number of likely N-dealkylation sites (tertiary alicyclic amines) is 1. The molecule has 2 saturated heterocycles. The average molecular weight is 378 g/mol. The molecule has 146 valence electrons. The van der Waals surface area contributed by atoms with Crippen molar-refractivity contribution < 1.29 is 5.11 Å². The Hall–Kier alpha value is -2.51. The molecule has 7 nitrogen and oxygen atoms in total. The van der Waals surface area contributed by atoms with Gasteiger partial charge >= 0.3 is 0 Å². The van der Waals surface area contributed by atoms with Gasteiger partial charge < -0.3 is 15.0 Å². The van der Waals surface area contributed by atoms with Gasteiger partial charge in [-0.2, -0.15) is 0 Å². The van der Waals surface area contributed by atoms with E-state index in [2.05, 4.69) is 42.0 Å². The zero-order valence-electron chi connectivity index (χ0n) is 16.0. The number of aliphatic hydroxyl groups is 1. The Kier molecular flexibility index (Phi) is 4.49. The quantitative estimate of drug-likeness (QED) is 0.727. The fourth-order valence-corrected chi connectivity index (χ4v) is 4.90. The maximum absolute atomic E-state index is 10.5. The van der Waals surface area contributed by atoms with Gasteiger partial charge in [0.2, 0.25) is 0 Å². The van der Waals surface area contributed by atoms with Gasteiger partial charge in [-0.25, -0.2) is 4.98 Å². The summed E-state index contributed by atoms with van der Waals surface area (Å²) >= 11 is 0. The minimum Gasteiger partial charge on any atom is -0.391 e. The first-order chi connectivity index (χ1) is 13.7. The van der Waals surface area contributed by atoms with E-state index >= 15 is 0 Å². The van der Waals surface area contributed by atoms with E-state index in [4.69, 9.17) is 0 Å². The number of hydrogen-bond donors (Lipinski definition) is 2. The van der Waals surface area contributed by atoms with Crippen molar-refractivity contribution in [1.29, 1.82) is 0 Å². The van der Waals surface area contributed by atoms with Crippen molar-refractivity contribution in [3.05, 3.63) is 48.7 Å². The van der Waals surface area contributed by atoms with Crippen molar-refractivity contribution in [1.82, 2.24) is 24.8 Å². The van der Waals surface area contributed by atoms with Crippen molar-refractivity contribution in [3.63, 3.8) is 0 Å². The third kappa shape index (κ3) is 3.36. The van der Waals surface area contributed by atoms with Crippen molar-refractivity contribution in [2.75, 3.05) is 31.1 Å². The highest BCUT2D eigenvalue weighted by Gasteiger charge is 2.42. The van der Waals surface area contributed by atoms with E-state index in [0.717, 1.165) is 62.3 Å². The molecule has 2 fully saturated rings. The lowest BCUT2D eigenvalue weighted by Crippen LogP contribution is -2.54. The Labute approximate surface area is 164 Å². The van der Waals surface area contributed by atoms with Crippen molar-refractivity contribution in [3.8, 4) is 0 Å². The SMILES string of the molecule is OC1CN(c2cnccn2)CC2(CCN(Cc3c[nH]c4cccnc34)CC2)C1. The van der Waals surface area contributed by atoms with Crippen LogP contribution in [0.3, 0.4) is 0 Å². The first kappa shape index (κ1) is 17.6. The van der Waals surface area contributed by atoms with E-state index in [-0.39, 0.29) is 11.5 Å². The van der Waals surface area contributed by atoms with Crippen molar-refractivity contribution in [2.24, 2.45) is 5.41 Å². The van der Waals surface area contributed by atoms with Crippen LogP contribution in [0.25, 0.3) is 11.0 Å². The normalized spacial score (nSPS) is 22.8. The van der Waals surface area contributed by atoms with Crippen LogP contribution in [0.1, 0.15) is 24.8 Å². The summed E-state index contributed by atoms with van der Waals surface area (Å²) in [6, 6.07) is 4.03. The lowest BCUT2D eigenvalue weighted by atomic mass is 9.71. The lowest BCUT2D eigenvalue weighted by Gasteiger charge is -2.49. The predicted molar refractivity (Wildman–Crippen MR) is 108 cm³/mol. The summed E-state index contributed by atoms with van der Waals surface area (Å²) in [5, 5.41) is 10.5. The van der Waals surface area contributed by atoms with Crippen molar-refractivity contribution in [2.45, 2.75) is 31.9 Å². The maximum Gasteiger partial charge on any atom is 0.147 e. The molecule has 0 amide bonds. The van der Waals surface area contributed by atoms with E-state index in [9.17, 15) is 5.11 Å². The highest BCUT2D eigenvalue weighted by Crippen LogP contribution is 2.41. The van der Waals surface area contributed by atoms with Gasteiger partial charge in [0.15, 0.2) is 0 Å². The van der Waals surface area contributed by atoms with E-state index in [0.29, 0.717) is 6.54 Å². The minimum absolute atomic E-state index is 0.157. The second-order valence-corrected chi connectivity index (χ2v) is 8.29. The molecular formula is C21H26N6O. The molecule has 0 aromatic carbocycles. The van der Waals surface area contributed by atoms with Gasteiger partial charge in [-0.1, -0.05) is 0 Å². The molecule has 5 heterocycles. The number of anilines is 1. The monoisotopic (exact) mass is 378 g/mol. The standard InChI is InChI=1S/C21H26N6O/c28-17-10-21(15-27(14-17)19-12-22-6-7-23-19)3-8-26(9-4-21)13-16-11-25-18-2-1-5-24-20(16)18/h1-2,5-7,11-12,17,25,28H,3-4,8-10,13-15H2. The summed E-state index contributed by atoms with van der Waals surface area (Å²) < 4.78 is 0. The summed E-state index contributed by atoms with van der Waals surface area (Å²) in [6.07, 6.45) is 11.9. The van der Waals surface area contributed by atoms with Crippen LogP contribution in [0.4, 0.5) is 5.82 Å². The first-order valence-corrected chi connectivity index (χ1v) is 10.0. The number of piperidine rings is 2. The Morgan fingerprint density at radius 3 is 2.89 bits per heavy atom. The summed E-state index contributed by atoms with van der Waals surface area (Å²) in [7, 11) is 0. The number of nitrogens with zero attached hydrogens (tertiary/aromatic N) is 5. The summed E-state index contributed by atoms with van der Waals surface area (Å²) in [5.74, 6) is 0.868. The lowest BCUT2D eigenvalue weighted by molar-refractivity contribution is 0.0245. The Morgan fingerprint density at radius 1 is 1.18 bits per heavy atom. The highest BCUT2D eigenvalue weighted by molar-refractivity contribution is 5.78. The number of aromatic nitrogens is 4. The number of aromatic amines is 1. The van der Waals surface area contributed by atoms with E-state index in [1.807, 2.05) is 12.3 Å². The maximum atomic E-state index is 10.5. The first-order valence-electron chi connectivity index (χ1n) is 10.0. The van der Waals surface area contributed by atoms with Gasteiger partial charge in [0.25, 0.3) is 0 Å². The molecule has 5 rings (SSSR count). The van der Waals surface area contributed by atoms with Crippen LogP contribution < -0.4 is 4.90 Å². The molecule has 1 spiro atoms. The van der Waals surface area contributed by atoms with E-state index in [1.54, 1.807) is 18.6 Å². The van der Waals surface area contributed by atoms with Crippen LogP contribution in [-0.4, -0.2) is 62.2 Å². The van der Waals surface area contributed by atoms with Gasteiger partial charge in [0.05, 0.1) is 23.3 Å². The van der Waals surface area contributed by atoms with Gasteiger partial charge in [-0.15, -0.1) is 0 Å². The van der Waals surface area contributed by atoms with Crippen LogP contribution in [0, 0.1) is 5.41 Å². The fourth-order valence-electron chi connectivity index (χ4n) is 4.90. The number of rotatable bonds is 3. The second kappa shape index (κ2) is 7.14. The predicted octanol–water partition coefficient (Wildman–Crippen LogP) is 2.21. The zero-order chi connectivity index (χ0) is 19.0. The second-order valence-electron chi connectivity index (χ2n) is 8.29. The third-order valence-electron chi connectivity index (χ3n) is 6.32. The summed E-state index contributed by atoms with van der Waals surface area (Å²) in [5.41, 5.74) is 3.59. The van der Waals surface area contributed by atoms with Gasteiger partial charge in [-0.3, -0.25) is 14.9 Å². The zero-order valence-corrected chi connectivity index (χ0v) is 16.0. The number of H-pyrrole nitrogens is 1. The molecule has 7 heteroatoms. The summed E-state index contributed by atoms with van der Waals surface area (Å²) in [4.78, 5) is 21.2. The number of pyridine rings is 1. The van der Waals surface area contributed by atoms with Crippen molar-refractivity contribution >= 4 is 16.9 Å². The molecular weight excluding hydrogens is 352 g/mol. The topological polar surface area (TPSA) is 81.2 Å². The highest BCUT2D eigenvalue weighted by atomic mass is 16.3. The fraction of sp³-hybridized carbons (Fsp3) is 0.476. The smallest absolute Gasteiger partial charge is 0.147 e. The third-order valence-corrected chi connectivity index (χ3v) is 6.32. The Balaban J connectivity index is 1.26. The molecule has 1 unspecified atom stereocenters. The van der Waals surface area contributed by atoms with Crippen LogP contribution in [-0.2, 0) is 6.54 Å².